The maximum Gasteiger partial charge on any atom is 0.254 e. The predicted molar refractivity (Wildman–Crippen MR) is 117 cm³/mol. The van der Waals surface area contributed by atoms with Crippen LogP contribution in [-0.2, 0) is 23.0 Å². The van der Waals surface area contributed by atoms with E-state index in [1.54, 1.807) is 28.4 Å². The van der Waals surface area contributed by atoms with Crippen LogP contribution in [0.3, 0.4) is 0 Å². The molecule has 1 amide bonds. The minimum atomic E-state index is -3.60. The molecule has 29 heavy (non-hydrogen) atoms. The predicted octanol–water partition coefficient (Wildman–Crippen LogP) is 3.88. The zero-order chi connectivity index (χ0) is 20.9. The summed E-state index contributed by atoms with van der Waals surface area (Å²) >= 11 is 1.60. The molecule has 2 aromatic carbocycles. The smallest absolute Gasteiger partial charge is 0.254 e. The van der Waals surface area contributed by atoms with Crippen LogP contribution in [0.15, 0.2) is 77.0 Å². The second kappa shape index (κ2) is 9.35. The summed E-state index contributed by atoms with van der Waals surface area (Å²) in [6.07, 6.45) is 0.730. The van der Waals surface area contributed by atoms with Gasteiger partial charge in [0.05, 0.1) is 11.4 Å². The van der Waals surface area contributed by atoms with Crippen LogP contribution in [0.5, 0.6) is 0 Å². The van der Waals surface area contributed by atoms with Crippen molar-refractivity contribution >= 4 is 27.3 Å². The Kier molecular flexibility index (Phi) is 6.84. The summed E-state index contributed by atoms with van der Waals surface area (Å²) in [5.41, 5.74) is 1.53. The van der Waals surface area contributed by atoms with Gasteiger partial charge in [-0.3, -0.25) is 4.79 Å². The van der Waals surface area contributed by atoms with E-state index < -0.39 is 10.0 Å². The first-order valence-electron chi connectivity index (χ1n) is 9.26. The molecule has 0 aliphatic carbocycles. The van der Waals surface area contributed by atoms with Gasteiger partial charge in [-0.05, 0) is 41.6 Å². The van der Waals surface area contributed by atoms with E-state index in [1.165, 1.54) is 26.2 Å². The topological polar surface area (TPSA) is 57.7 Å². The van der Waals surface area contributed by atoms with E-state index in [0.29, 0.717) is 18.7 Å². The van der Waals surface area contributed by atoms with E-state index in [2.05, 4.69) is 0 Å². The Balaban J connectivity index is 1.85. The molecule has 0 spiro atoms. The van der Waals surface area contributed by atoms with Crippen LogP contribution < -0.4 is 0 Å². The molecule has 0 aliphatic heterocycles. The van der Waals surface area contributed by atoms with Crippen LogP contribution in [0.25, 0.3) is 0 Å². The lowest BCUT2D eigenvalue weighted by Crippen LogP contribution is -2.32. The molecular formula is C22H24N2O3S2. The van der Waals surface area contributed by atoms with Gasteiger partial charge in [0.1, 0.15) is 0 Å². The highest BCUT2D eigenvalue weighted by Crippen LogP contribution is 2.19. The van der Waals surface area contributed by atoms with Crippen molar-refractivity contribution in [3.8, 4) is 0 Å². The van der Waals surface area contributed by atoms with Gasteiger partial charge in [0.2, 0.25) is 10.0 Å². The molecule has 3 rings (SSSR count). The summed E-state index contributed by atoms with van der Waals surface area (Å²) in [7, 11) is -0.641. The molecule has 0 aliphatic rings. The quantitative estimate of drug-likeness (QED) is 0.547. The standard InChI is InChI=1S/C22H24N2O3S2/c1-23(2)29(26,27)21-12-6-10-19(16-21)22(25)24(17-20-11-7-15-28-20)14-13-18-8-4-3-5-9-18/h3-12,15-16H,13-14,17H2,1-2H3. The second-order valence-electron chi connectivity index (χ2n) is 6.86. The van der Waals surface area contributed by atoms with Crippen LogP contribution >= 0.6 is 11.3 Å². The third kappa shape index (κ3) is 5.32. The molecular weight excluding hydrogens is 404 g/mol. The molecule has 0 radical (unpaired) electrons. The van der Waals surface area contributed by atoms with Gasteiger partial charge in [0.25, 0.3) is 5.91 Å². The Hall–Kier alpha value is -2.48. The molecule has 0 unspecified atom stereocenters. The van der Waals surface area contributed by atoms with Crippen LogP contribution in [0, 0.1) is 0 Å². The zero-order valence-corrected chi connectivity index (χ0v) is 18.1. The molecule has 0 saturated carbocycles. The molecule has 0 bridgehead atoms. The van der Waals surface area contributed by atoms with E-state index >= 15 is 0 Å². The van der Waals surface area contributed by atoms with Gasteiger partial charge in [0, 0.05) is 31.1 Å². The van der Waals surface area contributed by atoms with E-state index in [4.69, 9.17) is 0 Å². The lowest BCUT2D eigenvalue weighted by molar-refractivity contribution is 0.0746. The van der Waals surface area contributed by atoms with Crippen LogP contribution in [0.1, 0.15) is 20.8 Å². The van der Waals surface area contributed by atoms with Gasteiger partial charge in [0.15, 0.2) is 0 Å². The van der Waals surface area contributed by atoms with Gasteiger partial charge >= 0.3 is 0 Å². The number of rotatable bonds is 8. The SMILES string of the molecule is CN(C)S(=O)(=O)c1cccc(C(=O)N(CCc2ccccc2)Cc2cccs2)c1. The summed E-state index contributed by atoms with van der Waals surface area (Å²) < 4.78 is 26.0. The van der Waals surface area contributed by atoms with Gasteiger partial charge in [-0.25, -0.2) is 12.7 Å². The Labute approximate surface area is 176 Å². The van der Waals surface area contributed by atoms with E-state index in [1.807, 2.05) is 47.8 Å². The zero-order valence-electron chi connectivity index (χ0n) is 16.5. The second-order valence-corrected chi connectivity index (χ2v) is 10.0. The average Bonchev–Trinajstić information content (AvgIpc) is 3.24. The molecule has 0 N–H and O–H groups in total. The Morgan fingerprint density at radius 1 is 0.966 bits per heavy atom. The van der Waals surface area contributed by atoms with Crippen LogP contribution in [0.2, 0.25) is 0 Å². The average molecular weight is 429 g/mol. The number of hydrogen-bond donors (Lipinski definition) is 0. The van der Waals surface area contributed by atoms with Gasteiger partial charge in [-0.15, -0.1) is 11.3 Å². The van der Waals surface area contributed by atoms with Crippen molar-refractivity contribution in [2.24, 2.45) is 0 Å². The van der Waals surface area contributed by atoms with E-state index in [-0.39, 0.29) is 10.8 Å². The minimum Gasteiger partial charge on any atom is -0.333 e. The highest BCUT2D eigenvalue weighted by Gasteiger charge is 2.21. The number of thiophene rings is 1. The van der Waals surface area contributed by atoms with Crippen molar-refractivity contribution in [1.29, 1.82) is 0 Å². The Morgan fingerprint density at radius 3 is 2.38 bits per heavy atom. The lowest BCUT2D eigenvalue weighted by Gasteiger charge is -2.23. The fraction of sp³-hybridized carbons (Fsp3) is 0.227. The van der Waals surface area contributed by atoms with E-state index in [9.17, 15) is 13.2 Å². The van der Waals surface area contributed by atoms with Crippen LogP contribution in [-0.4, -0.2) is 44.2 Å². The lowest BCUT2D eigenvalue weighted by atomic mass is 10.1. The maximum absolute atomic E-state index is 13.3. The summed E-state index contributed by atoms with van der Waals surface area (Å²) in [6.45, 7) is 1.04. The fourth-order valence-electron chi connectivity index (χ4n) is 2.93. The maximum atomic E-state index is 13.3. The monoisotopic (exact) mass is 428 g/mol. The normalized spacial score (nSPS) is 11.6. The molecule has 1 heterocycles. The van der Waals surface area contributed by atoms with Crippen molar-refractivity contribution < 1.29 is 13.2 Å². The number of carbonyl (C=O) groups excluding carboxylic acids is 1. The number of sulfonamides is 1. The minimum absolute atomic E-state index is 0.118. The number of benzene rings is 2. The first-order valence-corrected chi connectivity index (χ1v) is 11.6. The fourth-order valence-corrected chi connectivity index (χ4v) is 4.60. The molecule has 1 aromatic heterocycles. The van der Waals surface area contributed by atoms with Gasteiger partial charge in [-0.2, -0.15) is 0 Å². The summed E-state index contributed by atoms with van der Waals surface area (Å²) in [4.78, 5) is 16.2. The van der Waals surface area contributed by atoms with Crippen molar-refractivity contribution in [1.82, 2.24) is 9.21 Å². The molecule has 152 valence electrons. The first-order chi connectivity index (χ1) is 13.9. The number of nitrogens with zero attached hydrogens (tertiary/aromatic N) is 2. The number of hydrogen-bond acceptors (Lipinski definition) is 4. The highest BCUT2D eigenvalue weighted by molar-refractivity contribution is 7.89. The number of carbonyl (C=O) groups is 1. The van der Waals surface area contributed by atoms with Crippen molar-refractivity contribution in [3.05, 3.63) is 88.1 Å². The Morgan fingerprint density at radius 2 is 1.72 bits per heavy atom. The summed E-state index contributed by atoms with van der Waals surface area (Å²) in [5.74, 6) is -0.176. The molecule has 0 fully saturated rings. The Bertz CT molecular complexity index is 1050. The highest BCUT2D eigenvalue weighted by atomic mass is 32.2. The van der Waals surface area contributed by atoms with Crippen molar-refractivity contribution in [2.45, 2.75) is 17.9 Å². The van der Waals surface area contributed by atoms with E-state index in [0.717, 1.165) is 21.2 Å². The third-order valence-electron chi connectivity index (χ3n) is 4.59. The molecule has 0 saturated heterocycles. The van der Waals surface area contributed by atoms with Gasteiger partial charge in [-0.1, -0.05) is 42.5 Å². The first kappa shape index (κ1) is 21.2. The molecule has 7 heteroatoms. The molecule has 0 atom stereocenters. The van der Waals surface area contributed by atoms with Crippen molar-refractivity contribution in [2.75, 3.05) is 20.6 Å². The van der Waals surface area contributed by atoms with Gasteiger partial charge < -0.3 is 4.90 Å². The third-order valence-corrected chi connectivity index (χ3v) is 7.26. The summed E-state index contributed by atoms with van der Waals surface area (Å²) in [5, 5.41) is 1.99. The number of amides is 1. The molecule has 5 nitrogen and oxygen atoms in total. The van der Waals surface area contributed by atoms with Crippen LogP contribution in [0.4, 0.5) is 0 Å². The largest absolute Gasteiger partial charge is 0.333 e. The molecule has 3 aromatic rings. The van der Waals surface area contributed by atoms with Crippen molar-refractivity contribution in [3.63, 3.8) is 0 Å². The summed E-state index contributed by atoms with van der Waals surface area (Å²) in [6, 6.07) is 20.2.